The van der Waals surface area contributed by atoms with Crippen molar-refractivity contribution in [3.63, 3.8) is 0 Å². The minimum absolute atomic E-state index is 0.0170. The van der Waals surface area contributed by atoms with Crippen LogP contribution in [0.3, 0.4) is 0 Å². The van der Waals surface area contributed by atoms with E-state index in [9.17, 15) is 9.59 Å². The van der Waals surface area contributed by atoms with Crippen LogP contribution >= 0.6 is 0 Å². The van der Waals surface area contributed by atoms with E-state index in [1.165, 1.54) is 12.0 Å². The average molecular weight is 216 g/mol. The molecule has 0 aliphatic heterocycles. The molecule has 2 N–H and O–H groups in total. The van der Waals surface area contributed by atoms with Gasteiger partial charge in [0.25, 0.3) is 0 Å². The molecule has 0 aliphatic carbocycles. The topological polar surface area (TPSA) is 72.6 Å². The van der Waals surface area contributed by atoms with Crippen molar-refractivity contribution in [3.05, 3.63) is 0 Å². The Kier molecular flexibility index (Phi) is 6.70. The smallest absolute Gasteiger partial charge is 0.325 e. The van der Waals surface area contributed by atoms with Crippen LogP contribution < -0.4 is 5.73 Å². The van der Waals surface area contributed by atoms with Crippen LogP contribution in [0.5, 0.6) is 0 Å². The Morgan fingerprint density at radius 1 is 1.40 bits per heavy atom. The lowest BCUT2D eigenvalue weighted by Crippen LogP contribution is -2.46. The van der Waals surface area contributed by atoms with Gasteiger partial charge in [0.1, 0.15) is 6.54 Å². The SMILES string of the molecule is CCCN(CC(=O)OC)C(=O)C(N)CC. The Morgan fingerprint density at radius 2 is 2.00 bits per heavy atom. The molecule has 15 heavy (non-hydrogen) atoms. The summed E-state index contributed by atoms with van der Waals surface area (Å²) in [5, 5.41) is 0. The lowest BCUT2D eigenvalue weighted by atomic mass is 10.2. The summed E-state index contributed by atoms with van der Waals surface area (Å²) < 4.78 is 4.52. The Hall–Kier alpha value is -1.10. The van der Waals surface area contributed by atoms with E-state index < -0.39 is 12.0 Å². The second-order valence-corrected chi connectivity index (χ2v) is 3.35. The highest BCUT2D eigenvalue weighted by molar-refractivity contribution is 5.85. The largest absolute Gasteiger partial charge is 0.468 e. The van der Waals surface area contributed by atoms with Crippen molar-refractivity contribution in [1.29, 1.82) is 0 Å². The van der Waals surface area contributed by atoms with Gasteiger partial charge in [-0.25, -0.2) is 0 Å². The van der Waals surface area contributed by atoms with Crippen molar-refractivity contribution >= 4 is 11.9 Å². The molecule has 0 aromatic heterocycles. The maximum Gasteiger partial charge on any atom is 0.325 e. The molecule has 88 valence electrons. The van der Waals surface area contributed by atoms with Crippen LogP contribution in [0.4, 0.5) is 0 Å². The van der Waals surface area contributed by atoms with Gasteiger partial charge < -0.3 is 15.4 Å². The summed E-state index contributed by atoms with van der Waals surface area (Å²) in [7, 11) is 1.30. The number of esters is 1. The molecule has 1 amide bonds. The summed E-state index contributed by atoms with van der Waals surface area (Å²) in [6.07, 6.45) is 1.36. The molecular weight excluding hydrogens is 196 g/mol. The lowest BCUT2D eigenvalue weighted by molar-refractivity contribution is -0.147. The maximum absolute atomic E-state index is 11.7. The molecule has 5 heteroatoms. The van der Waals surface area contributed by atoms with Gasteiger partial charge in [0.05, 0.1) is 13.2 Å². The van der Waals surface area contributed by atoms with E-state index in [1.807, 2.05) is 13.8 Å². The molecule has 0 saturated carbocycles. The first kappa shape index (κ1) is 13.9. The zero-order valence-corrected chi connectivity index (χ0v) is 9.66. The van der Waals surface area contributed by atoms with Gasteiger partial charge in [-0.1, -0.05) is 13.8 Å². The summed E-state index contributed by atoms with van der Waals surface area (Å²) in [6.45, 7) is 4.29. The van der Waals surface area contributed by atoms with Crippen LogP contribution in [0, 0.1) is 0 Å². The molecule has 1 unspecified atom stereocenters. The molecule has 1 atom stereocenters. The zero-order valence-electron chi connectivity index (χ0n) is 9.66. The Bertz CT molecular complexity index is 219. The van der Waals surface area contributed by atoms with Crippen molar-refractivity contribution in [2.45, 2.75) is 32.7 Å². The predicted octanol–water partition coefficient (Wildman–Crippen LogP) is 0.135. The number of hydrogen-bond acceptors (Lipinski definition) is 4. The van der Waals surface area contributed by atoms with Crippen LogP contribution in [-0.4, -0.2) is 43.0 Å². The van der Waals surface area contributed by atoms with Crippen molar-refractivity contribution in [1.82, 2.24) is 4.90 Å². The highest BCUT2D eigenvalue weighted by Crippen LogP contribution is 1.99. The van der Waals surface area contributed by atoms with Crippen LogP contribution in [0.25, 0.3) is 0 Å². The van der Waals surface area contributed by atoms with E-state index >= 15 is 0 Å². The molecule has 0 saturated heterocycles. The number of amides is 1. The quantitative estimate of drug-likeness (QED) is 0.641. The van der Waals surface area contributed by atoms with Gasteiger partial charge in [0, 0.05) is 6.54 Å². The summed E-state index contributed by atoms with van der Waals surface area (Å²) in [5.74, 6) is -0.607. The maximum atomic E-state index is 11.7. The average Bonchev–Trinajstić information content (AvgIpc) is 2.26. The minimum atomic E-state index is -0.527. The van der Waals surface area contributed by atoms with Gasteiger partial charge >= 0.3 is 5.97 Å². The molecule has 0 radical (unpaired) electrons. The van der Waals surface area contributed by atoms with Crippen molar-refractivity contribution < 1.29 is 14.3 Å². The summed E-state index contributed by atoms with van der Waals surface area (Å²) in [4.78, 5) is 24.2. The van der Waals surface area contributed by atoms with Crippen LogP contribution in [0.15, 0.2) is 0 Å². The Morgan fingerprint density at radius 3 is 2.40 bits per heavy atom. The second kappa shape index (κ2) is 7.23. The van der Waals surface area contributed by atoms with Crippen LogP contribution in [0.2, 0.25) is 0 Å². The van der Waals surface area contributed by atoms with E-state index in [4.69, 9.17) is 5.73 Å². The summed E-state index contributed by atoms with van der Waals surface area (Å²) in [6, 6.07) is -0.527. The normalized spacial score (nSPS) is 12.0. The highest BCUT2D eigenvalue weighted by Gasteiger charge is 2.21. The van der Waals surface area contributed by atoms with Gasteiger partial charge in [0.15, 0.2) is 0 Å². The molecule has 0 spiro atoms. The monoisotopic (exact) mass is 216 g/mol. The summed E-state index contributed by atoms with van der Waals surface area (Å²) in [5.41, 5.74) is 5.62. The van der Waals surface area contributed by atoms with E-state index in [-0.39, 0.29) is 12.5 Å². The molecular formula is C10H20N2O3. The van der Waals surface area contributed by atoms with E-state index in [2.05, 4.69) is 4.74 Å². The van der Waals surface area contributed by atoms with Gasteiger partial charge in [-0.2, -0.15) is 0 Å². The molecule has 0 aromatic carbocycles. The summed E-state index contributed by atoms with van der Waals surface area (Å²) >= 11 is 0. The van der Waals surface area contributed by atoms with Crippen LogP contribution in [0.1, 0.15) is 26.7 Å². The van der Waals surface area contributed by atoms with Gasteiger partial charge in [-0.05, 0) is 12.8 Å². The molecule has 0 aliphatic rings. The molecule has 0 aromatic rings. The Balaban J connectivity index is 4.37. The number of rotatable bonds is 6. The standard InChI is InChI=1S/C10H20N2O3/c1-4-6-12(7-9(13)15-3)10(14)8(11)5-2/h8H,4-7,11H2,1-3H3. The van der Waals surface area contributed by atoms with Gasteiger partial charge in [-0.15, -0.1) is 0 Å². The fourth-order valence-electron chi connectivity index (χ4n) is 1.17. The number of ether oxygens (including phenoxy) is 1. The molecule has 5 nitrogen and oxygen atoms in total. The number of carbonyl (C=O) groups excluding carboxylic acids is 2. The van der Waals surface area contributed by atoms with Crippen molar-refractivity contribution in [2.24, 2.45) is 5.73 Å². The first-order valence-electron chi connectivity index (χ1n) is 5.17. The molecule has 0 bridgehead atoms. The number of methoxy groups -OCH3 is 1. The van der Waals surface area contributed by atoms with Crippen LogP contribution in [-0.2, 0) is 14.3 Å². The van der Waals surface area contributed by atoms with Crippen molar-refractivity contribution in [3.8, 4) is 0 Å². The molecule has 0 fully saturated rings. The second-order valence-electron chi connectivity index (χ2n) is 3.35. The van der Waals surface area contributed by atoms with Gasteiger partial charge in [-0.3, -0.25) is 9.59 Å². The third-order valence-electron chi connectivity index (χ3n) is 2.11. The third kappa shape index (κ3) is 4.78. The fraction of sp³-hybridized carbons (Fsp3) is 0.800. The van der Waals surface area contributed by atoms with E-state index in [0.717, 1.165) is 6.42 Å². The number of nitrogens with zero attached hydrogens (tertiary/aromatic N) is 1. The number of nitrogens with two attached hydrogens (primary N) is 1. The van der Waals surface area contributed by atoms with E-state index in [0.29, 0.717) is 13.0 Å². The molecule has 0 rings (SSSR count). The zero-order chi connectivity index (χ0) is 11.8. The predicted molar refractivity (Wildman–Crippen MR) is 57.2 cm³/mol. The lowest BCUT2D eigenvalue weighted by Gasteiger charge is -2.23. The fourth-order valence-corrected chi connectivity index (χ4v) is 1.17. The Labute approximate surface area is 90.6 Å². The minimum Gasteiger partial charge on any atom is -0.468 e. The number of carbonyl (C=O) groups is 2. The first-order chi connectivity index (χ1) is 7.06. The van der Waals surface area contributed by atoms with Gasteiger partial charge in [0.2, 0.25) is 5.91 Å². The highest BCUT2D eigenvalue weighted by atomic mass is 16.5. The third-order valence-corrected chi connectivity index (χ3v) is 2.11. The first-order valence-corrected chi connectivity index (χ1v) is 5.17. The van der Waals surface area contributed by atoms with E-state index in [1.54, 1.807) is 0 Å². The van der Waals surface area contributed by atoms with Crippen molar-refractivity contribution in [2.75, 3.05) is 20.2 Å². The molecule has 0 heterocycles. The number of hydrogen-bond donors (Lipinski definition) is 1.